The van der Waals surface area contributed by atoms with Gasteiger partial charge in [0.05, 0.1) is 21.3 Å². The minimum Gasteiger partial charge on any atom is -0.259 e. The molecule has 0 saturated heterocycles. The fourth-order valence-corrected chi connectivity index (χ4v) is 5.63. The van der Waals surface area contributed by atoms with Crippen molar-refractivity contribution in [1.82, 2.24) is 13.9 Å². The molecule has 3 aromatic heterocycles. The molecule has 1 atom stereocenters. The van der Waals surface area contributed by atoms with Gasteiger partial charge in [0.25, 0.3) is 10.0 Å². The minimum absolute atomic E-state index is 0.130. The van der Waals surface area contributed by atoms with Gasteiger partial charge >= 0.3 is 0 Å². The lowest BCUT2D eigenvalue weighted by atomic mass is 10.1. The van der Waals surface area contributed by atoms with Crippen molar-refractivity contribution in [3.05, 3.63) is 102 Å². The Balaban J connectivity index is 1.76. The number of hydrogen-bond acceptors (Lipinski definition) is 4. The van der Waals surface area contributed by atoms with E-state index in [2.05, 4.69) is 9.97 Å². The molecule has 31 heavy (non-hydrogen) atoms. The lowest BCUT2D eigenvalue weighted by molar-refractivity contribution is 0.586. The number of alkyl halides is 1. The summed E-state index contributed by atoms with van der Waals surface area (Å²) in [6.45, 7) is 0. The van der Waals surface area contributed by atoms with Gasteiger partial charge in [0.15, 0.2) is 5.65 Å². The molecule has 0 saturated carbocycles. The fraction of sp³-hybridized carbons (Fsp3) is 0.0435. The highest BCUT2D eigenvalue weighted by molar-refractivity contribution is 7.90. The van der Waals surface area contributed by atoms with Gasteiger partial charge in [0.2, 0.25) is 0 Å². The summed E-state index contributed by atoms with van der Waals surface area (Å²) in [6.07, 6.45) is 3.20. The highest BCUT2D eigenvalue weighted by atomic mass is 35.5. The number of fused-ring (bicyclic) bond motifs is 2. The van der Waals surface area contributed by atoms with Crippen LogP contribution in [0.1, 0.15) is 16.8 Å². The largest absolute Gasteiger partial charge is 0.269 e. The van der Waals surface area contributed by atoms with Gasteiger partial charge in [-0.3, -0.25) is 4.98 Å². The van der Waals surface area contributed by atoms with E-state index in [9.17, 15) is 8.42 Å². The van der Waals surface area contributed by atoms with Gasteiger partial charge in [-0.1, -0.05) is 54.1 Å². The lowest BCUT2D eigenvalue weighted by Gasteiger charge is -2.15. The van der Waals surface area contributed by atoms with E-state index in [1.54, 1.807) is 36.5 Å². The van der Waals surface area contributed by atoms with E-state index in [0.29, 0.717) is 21.8 Å². The molecule has 2 aromatic carbocycles. The van der Waals surface area contributed by atoms with Gasteiger partial charge in [-0.2, -0.15) is 0 Å². The van der Waals surface area contributed by atoms with Crippen LogP contribution in [0.2, 0.25) is 5.02 Å². The Morgan fingerprint density at radius 3 is 2.35 bits per heavy atom. The topological polar surface area (TPSA) is 64.8 Å². The minimum atomic E-state index is -3.98. The molecular weight excluding hydrogens is 453 g/mol. The zero-order chi connectivity index (χ0) is 21.6. The first-order chi connectivity index (χ1) is 15.0. The van der Waals surface area contributed by atoms with Crippen LogP contribution < -0.4 is 0 Å². The third-order valence-electron chi connectivity index (χ3n) is 5.09. The van der Waals surface area contributed by atoms with Crippen LogP contribution in [0.4, 0.5) is 0 Å². The molecule has 0 aliphatic carbocycles. The molecule has 1 unspecified atom stereocenters. The summed E-state index contributed by atoms with van der Waals surface area (Å²) in [5.41, 5.74) is 1.07. The van der Waals surface area contributed by atoms with Crippen molar-refractivity contribution >= 4 is 55.0 Å². The van der Waals surface area contributed by atoms with Crippen molar-refractivity contribution in [1.29, 1.82) is 0 Å². The van der Waals surface area contributed by atoms with E-state index in [4.69, 9.17) is 23.2 Å². The van der Waals surface area contributed by atoms with Crippen LogP contribution in [0.15, 0.2) is 90.1 Å². The molecule has 0 N–H and O–H groups in total. The molecule has 0 amide bonds. The SMILES string of the molecule is O=S(=O)(c1ccccc1)n1c(C(Cl)c2cc3ccccc3cn2)cc2c(Cl)ccnc21. The Morgan fingerprint density at radius 2 is 1.58 bits per heavy atom. The number of benzene rings is 2. The van der Waals surface area contributed by atoms with Gasteiger partial charge < -0.3 is 0 Å². The van der Waals surface area contributed by atoms with Crippen LogP contribution >= 0.6 is 23.2 Å². The van der Waals surface area contributed by atoms with Crippen LogP contribution in [-0.2, 0) is 10.0 Å². The third kappa shape index (κ3) is 3.37. The molecule has 3 heterocycles. The first-order valence-electron chi connectivity index (χ1n) is 9.42. The molecule has 0 bridgehead atoms. The monoisotopic (exact) mass is 467 g/mol. The number of pyridine rings is 2. The normalized spacial score (nSPS) is 13.0. The van der Waals surface area contributed by atoms with Crippen molar-refractivity contribution in [3.8, 4) is 0 Å². The number of hydrogen-bond donors (Lipinski definition) is 0. The molecule has 154 valence electrons. The second kappa shape index (κ2) is 7.64. The van der Waals surface area contributed by atoms with Crippen LogP contribution in [0.25, 0.3) is 21.8 Å². The summed E-state index contributed by atoms with van der Waals surface area (Å²) in [6, 6.07) is 21.1. The molecule has 0 radical (unpaired) electrons. The first kappa shape index (κ1) is 20.0. The van der Waals surface area contributed by atoms with E-state index in [1.165, 1.54) is 18.3 Å². The van der Waals surface area contributed by atoms with E-state index in [0.717, 1.165) is 14.7 Å². The van der Waals surface area contributed by atoms with Crippen LogP contribution in [0, 0.1) is 0 Å². The Hall–Kier alpha value is -2.93. The summed E-state index contributed by atoms with van der Waals surface area (Å²) < 4.78 is 28.3. The van der Waals surface area contributed by atoms with Crippen LogP contribution in [0.5, 0.6) is 0 Å². The number of nitrogens with zero attached hydrogens (tertiary/aromatic N) is 3. The second-order valence-corrected chi connectivity index (χ2v) is 9.63. The molecular formula is C23H15Cl2N3O2S. The highest BCUT2D eigenvalue weighted by Gasteiger charge is 2.29. The molecule has 5 nitrogen and oxygen atoms in total. The molecule has 0 aliphatic heterocycles. The zero-order valence-electron chi connectivity index (χ0n) is 16.0. The van der Waals surface area contributed by atoms with Crippen LogP contribution in [-0.4, -0.2) is 22.4 Å². The Morgan fingerprint density at radius 1 is 0.871 bits per heavy atom. The molecule has 5 rings (SSSR count). The number of halogens is 2. The molecule has 8 heteroatoms. The maximum Gasteiger partial charge on any atom is 0.269 e. The summed E-state index contributed by atoms with van der Waals surface area (Å²) in [5.74, 6) is 0. The van der Waals surface area contributed by atoms with Gasteiger partial charge in [-0.25, -0.2) is 17.4 Å². The summed E-state index contributed by atoms with van der Waals surface area (Å²) in [7, 11) is -3.98. The maximum absolute atomic E-state index is 13.6. The fourth-order valence-electron chi connectivity index (χ4n) is 3.58. The van der Waals surface area contributed by atoms with Gasteiger partial charge in [0, 0.05) is 23.2 Å². The third-order valence-corrected chi connectivity index (χ3v) is 7.60. The standard InChI is InChI=1S/C23H15Cl2N3O2S/c24-19-10-11-26-23-18(19)13-21(28(23)31(29,30)17-8-2-1-3-9-17)22(25)20-12-15-6-4-5-7-16(15)14-27-20/h1-14,22H. The first-order valence-corrected chi connectivity index (χ1v) is 11.7. The molecule has 0 aliphatic rings. The summed E-state index contributed by atoms with van der Waals surface area (Å²) in [4.78, 5) is 8.91. The summed E-state index contributed by atoms with van der Waals surface area (Å²) in [5, 5.41) is 1.99. The lowest BCUT2D eigenvalue weighted by Crippen LogP contribution is -2.17. The quantitative estimate of drug-likeness (QED) is 0.313. The average Bonchev–Trinajstić information content (AvgIpc) is 3.21. The molecule has 0 fully saturated rings. The molecule has 0 spiro atoms. The maximum atomic E-state index is 13.6. The number of rotatable bonds is 4. The van der Waals surface area contributed by atoms with E-state index in [1.807, 2.05) is 30.3 Å². The van der Waals surface area contributed by atoms with Gasteiger partial charge in [-0.15, -0.1) is 11.6 Å². The number of aromatic nitrogens is 3. The average molecular weight is 468 g/mol. The Labute approximate surface area is 188 Å². The van der Waals surface area contributed by atoms with Crippen molar-refractivity contribution in [2.45, 2.75) is 10.3 Å². The highest BCUT2D eigenvalue weighted by Crippen LogP contribution is 2.37. The van der Waals surface area contributed by atoms with Crippen molar-refractivity contribution in [2.24, 2.45) is 0 Å². The predicted molar refractivity (Wildman–Crippen MR) is 123 cm³/mol. The Kier molecular flexibility index (Phi) is 4.93. The van der Waals surface area contributed by atoms with Gasteiger partial charge in [-0.05, 0) is 35.7 Å². The van der Waals surface area contributed by atoms with Crippen LogP contribution in [0.3, 0.4) is 0 Å². The second-order valence-electron chi connectivity index (χ2n) is 7.00. The Bertz CT molecular complexity index is 1530. The van der Waals surface area contributed by atoms with E-state index < -0.39 is 15.4 Å². The van der Waals surface area contributed by atoms with E-state index >= 15 is 0 Å². The van der Waals surface area contributed by atoms with E-state index in [-0.39, 0.29) is 10.5 Å². The van der Waals surface area contributed by atoms with Gasteiger partial charge in [0.1, 0.15) is 5.38 Å². The van der Waals surface area contributed by atoms with Crippen molar-refractivity contribution < 1.29 is 8.42 Å². The zero-order valence-corrected chi connectivity index (χ0v) is 18.3. The van der Waals surface area contributed by atoms with Crippen molar-refractivity contribution in [2.75, 3.05) is 0 Å². The summed E-state index contributed by atoms with van der Waals surface area (Å²) >= 11 is 13.2. The predicted octanol–water partition coefficient (Wildman–Crippen LogP) is 5.80. The van der Waals surface area contributed by atoms with Crippen molar-refractivity contribution in [3.63, 3.8) is 0 Å². The smallest absolute Gasteiger partial charge is 0.259 e. The molecule has 5 aromatic rings.